The van der Waals surface area contributed by atoms with Crippen molar-refractivity contribution in [2.75, 3.05) is 19.8 Å². The maximum Gasteiger partial charge on any atom is 0.330 e. The standard InChI is InChI=1S/C13H16O3S/c1-10-3-4-11(17-10)5-6-12(14)16-9-13(2)7-15-8-13/h3-6H,7-9H2,1-2H3. The summed E-state index contributed by atoms with van der Waals surface area (Å²) in [6.45, 7) is 5.87. The maximum absolute atomic E-state index is 11.5. The van der Waals surface area contributed by atoms with Crippen molar-refractivity contribution in [1.82, 2.24) is 0 Å². The van der Waals surface area contributed by atoms with Crippen LogP contribution in [0.2, 0.25) is 0 Å². The minimum atomic E-state index is -0.288. The van der Waals surface area contributed by atoms with E-state index >= 15 is 0 Å². The first kappa shape index (κ1) is 12.3. The van der Waals surface area contributed by atoms with Crippen LogP contribution in [0.5, 0.6) is 0 Å². The highest BCUT2D eigenvalue weighted by Gasteiger charge is 2.34. The maximum atomic E-state index is 11.5. The zero-order valence-electron chi connectivity index (χ0n) is 10.1. The van der Waals surface area contributed by atoms with Crippen molar-refractivity contribution in [2.45, 2.75) is 13.8 Å². The SMILES string of the molecule is Cc1ccc(C=CC(=O)OCC2(C)COC2)s1. The Balaban J connectivity index is 1.79. The van der Waals surface area contributed by atoms with Gasteiger partial charge in [-0.3, -0.25) is 0 Å². The molecule has 1 fully saturated rings. The molecule has 0 spiro atoms. The van der Waals surface area contributed by atoms with Crippen LogP contribution < -0.4 is 0 Å². The zero-order valence-corrected chi connectivity index (χ0v) is 10.9. The molecule has 0 aliphatic carbocycles. The summed E-state index contributed by atoms with van der Waals surface area (Å²) >= 11 is 1.65. The van der Waals surface area contributed by atoms with Gasteiger partial charge in [0.25, 0.3) is 0 Å². The smallest absolute Gasteiger partial charge is 0.330 e. The van der Waals surface area contributed by atoms with Crippen molar-refractivity contribution in [3.8, 4) is 0 Å². The van der Waals surface area contributed by atoms with Crippen LogP contribution in [0.15, 0.2) is 18.2 Å². The van der Waals surface area contributed by atoms with Gasteiger partial charge in [-0.2, -0.15) is 0 Å². The average molecular weight is 252 g/mol. The Morgan fingerprint density at radius 3 is 2.88 bits per heavy atom. The van der Waals surface area contributed by atoms with Crippen molar-refractivity contribution in [3.05, 3.63) is 28.0 Å². The molecular weight excluding hydrogens is 236 g/mol. The number of ether oxygens (including phenoxy) is 2. The van der Waals surface area contributed by atoms with E-state index in [0.29, 0.717) is 19.8 Å². The molecule has 0 bridgehead atoms. The number of aryl methyl sites for hydroxylation is 1. The van der Waals surface area contributed by atoms with Crippen LogP contribution in [-0.2, 0) is 14.3 Å². The predicted molar refractivity (Wildman–Crippen MR) is 68.0 cm³/mol. The van der Waals surface area contributed by atoms with Crippen LogP contribution in [-0.4, -0.2) is 25.8 Å². The lowest BCUT2D eigenvalue weighted by Gasteiger charge is -2.36. The molecule has 0 aromatic carbocycles. The van der Waals surface area contributed by atoms with Crippen LogP contribution in [0, 0.1) is 12.3 Å². The third kappa shape index (κ3) is 3.41. The third-order valence-electron chi connectivity index (χ3n) is 2.61. The summed E-state index contributed by atoms with van der Waals surface area (Å²) in [5, 5.41) is 0. The lowest BCUT2D eigenvalue weighted by molar-refractivity contribution is -0.160. The second-order valence-corrected chi connectivity index (χ2v) is 6.01. The zero-order chi connectivity index (χ0) is 12.3. The minimum absolute atomic E-state index is 0.0169. The summed E-state index contributed by atoms with van der Waals surface area (Å²) in [6, 6.07) is 4.02. The Hall–Kier alpha value is -1.13. The largest absolute Gasteiger partial charge is 0.462 e. The number of thiophene rings is 1. The van der Waals surface area contributed by atoms with Crippen LogP contribution in [0.1, 0.15) is 16.7 Å². The molecule has 1 aromatic rings. The second-order valence-electron chi connectivity index (χ2n) is 4.69. The monoisotopic (exact) mass is 252 g/mol. The summed E-state index contributed by atoms with van der Waals surface area (Å²) in [4.78, 5) is 13.8. The number of carbonyl (C=O) groups is 1. The first-order valence-corrected chi connectivity index (χ1v) is 6.38. The summed E-state index contributed by atoms with van der Waals surface area (Å²) in [5.74, 6) is -0.288. The second kappa shape index (κ2) is 5.02. The number of carbonyl (C=O) groups excluding carboxylic acids is 1. The van der Waals surface area contributed by atoms with Crippen LogP contribution in [0.4, 0.5) is 0 Å². The Bertz CT molecular complexity index is 430. The summed E-state index contributed by atoms with van der Waals surface area (Å²) < 4.78 is 10.3. The molecule has 0 saturated carbocycles. The van der Waals surface area contributed by atoms with Crippen LogP contribution in [0.3, 0.4) is 0 Å². The van der Waals surface area contributed by atoms with E-state index in [1.165, 1.54) is 11.0 Å². The first-order chi connectivity index (χ1) is 8.07. The van der Waals surface area contributed by atoms with Gasteiger partial charge in [-0.15, -0.1) is 11.3 Å². The molecule has 0 unspecified atom stereocenters. The highest BCUT2D eigenvalue weighted by atomic mass is 32.1. The highest BCUT2D eigenvalue weighted by Crippen LogP contribution is 2.26. The first-order valence-electron chi connectivity index (χ1n) is 5.56. The highest BCUT2D eigenvalue weighted by molar-refractivity contribution is 7.12. The van der Waals surface area contributed by atoms with Crippen molar-refractivity contribution < 1.29 is 14.3 Å². The third-order valence-corrected chi connectivity index (χ3v) is 3.57. The molecule has 0 amide bonds. The fraction of sp³-hybridized carbons (Fsp3) is 0.462. The molecular formula is C13H16O3S. The molecule has 0 N–H and O–H groups in total. The van der Waals surface area contributed by atoms with E-state index in [-0.39, 0.29) is 11.4 Å². The van der Waals surface area contributed by atoms with Crippen molar-refractivity contribution in [2.24, 2.45) is 5.41 Å². The topological polar surface area (TPSA) is 35.5 Å². The number of rotatable bonds is 4. The Labute approximate surface area is 105 Å². The van der Waals surface area contributed by atoms with Crippen molar-refractivity contribution in [3.63, 3.8) is 0 Å². The average Bonchev–Trinajstić information content (AvgIpc) is 2.67. The Morgan fingerprint density at radius 1 is 1.59 bits per heavy atom. The van der Waals surface area contributed by atoms with E-state index < -0.39 is 0 Å². The molecule has 1 saturated heterocycles. The fourth-order valence-electron chi connectivity index (χ4n) is 1.52. The number of hydrogen-bond acceptors (Lipinski definition) is 4. The summed E-state index contributed by atoms with van der Waals surface area (Å²) in [7, 11) is 0. The lowest BCUT2D eigenvalue weighted by atomic mass is 9.90. The minimum Gasteiger partial charge on any atom is -0.462 e. The molecule has 1 aromatic heterocycles. The van der Waals surface area contributed by atoms with Gasteiger partial charge in [0.2, 0.25) is 0 Å². The van der Waals surface area contributed by atoms with Gasteiger partial charge in [-0.1, -0.05) is 6.92 Å². The quantitative estimate of drug-likeness (QED) is 0.610. The fourth-order valence-corrected chi connectivity index (χ4v) is 2.30. The molecule has 1 aliphatic rings. The van der Waals surface area contributed by atoms with Gasteiger partial charge in [0, 0.05) is 21.2 Å². The number of hydrogen-bond donors (Lipinski definition) is 0. The van der Waals surface area contributed by atoms with E-state index in [1.54, 1.807) is 17.4 Å². The van der Waals surface area contributed by atoms with E-state index in [1.807, 2.05) is 19.1 Å². The molecule has 0 atom stereocenters. The van der Waals surface area contributed by atoms with E-state index in [2.05, 4.69) is 6.92 Å². The van der Waals surface area contributed by atoms with Crippen molar-refractivity contribution >= 4 is 23.4 Å². The van der Waals surface area contributed by atoms with E-state index in [9.17, 15) is 4.79 Å². The molecule has 2 rings (SSSR count). The lowest BCUT2D eigenvalue weighted by Crippen LogP contribution is -2.43. The molecule has 1 aliphatic heterocycles. The molecule has 2 heterocycles. The predicted octanol–water partition coefficient (Wildman–Crippen LogP) is 2.65. The van der Waals surface area contributed by atoms with Gasteiger partial charge in [0.1, 0.15) is 6.61 Å². The van der Waals surface area contributed by atoms with E-state index in [0.717, 1.165) is 4.88 Å². The van der Waals surface area contributed by atoms with Gasteiger partial charge < -0.3 is 9.47 Å². The summed E-state index contributed by atoms with van der Waals surface area (Å²) in [6.07, 6.45) is 3.27. The van der Waals surface area contributed by atoms with Gasteiger partial charge in [0.05, 0.1) is 13.2 Å². The van der Waals surface area contributed by atoms with Gasteiger partial charge in [-0.25, -0.2) is 4.79 Å². The molecule has 17 heavy (non-hydrogen) atoms. The number of esters is 1. The Morgan fingerprint density at radius 2 is 2.35 bits per heavy atom. The van der Waals surface area contributed by atoms with Crippen LogP contribution in [0.25, 0.3) is 6.08 Å². The van der Waals surface area contributed by atoms with Crippen molar-refractivity contribution in [1.29, 1.82) is 0 Å². The van der Waals surface area contributed by atoms with Gasteiger partial charge >= 0.3 is 5.97 Å². The molecule has 3 nitrogen and oxygen atoms in total. The normalized spacial score (nSPS) is 18.0. The molecule has 0 radical (unpaired) electrons. The molecule has 92 valence electrons. The van der Waals surface area contributed by atoms with Crippen LogP contribution >= 0.6 is 11.3 Å². The van der Waals surface area contributed by atoms with Gasteiger partial charge in [0.15, 0.2) is 0 Å². The van der Waals surface area contributed by atoms with E-state index in [4.69, 9.17) is 9.47 Å². The van der Waals surface area contributed by atoms with Gasteiger partial charge in [-0.05, 0) is 25.1 Å². The Kier molecular flexibility index (Phi) is 3.64. The summed E-state index contributed by atoms with van der Waals surface area (Å²) in [5.41, 5.74) is 0.0169. The molecule has 4 heteroatoms.